The molecule has 2 atom stereocenters. The number of Topliss-reactive ketones (excluding diaryl/α,β-unsaturated/α-hetero) is 1. The van der Waals surface area contributed by atoms with Crippen LogP contribution in [0, 0.1) is 5.92 Å². The van der Waals surface area contributed by atoms with Crippen molar-refractivity contribution in [1.82, 2.24) is 9.80 Å². The Kier molecular flexibility index (Phi) is 8.22. The van der Waals surface area contributed by atoms with E-state index in [-0.39, 0.29) is 17.4 Å². The summed E-state index contributed by atoms with van der Waals surface area (Å²) in [6, 6.07) is 12.2. The molecule has 0 radical (unpaired) electrons. The number of carbonyl (C=O) groups excluding carboxylic acids is 2. The highest BCUT2D eigenvalue weighted by Gasteiger charge is 2.46. The summed E-state index contributed by atoms with van der Waals surface area (Å²) in [5.74, 6) is 0.578. The SMILES string of the molecule is CC(C)CCOc1cccc([C@@H]2/C(=C(\O)c3ccc4c(c3)C[C@@H](C)O4)C(=O)C(=O)N2CCCN(C)C)c1. The fourth-order valence-corrected chi connectivity index (χ4v) is 4.93. The van der Waals surface area contributed by atoms with Crippen LogP contribution in [0.5, 0.6) is 11.5 Å². The van der Waals surface area contributed by atoms with Gasteiger partial charge >= 0.3 is 0 Å². The quantitative estimate of drug-likeness (QED) is 0.283. The van der Waals surface area contributed by atoms with Crippen molar-refractivity contribution < 1.29 is 24.2 Å². The van der Waals surface area contributed by atoms with Crippen LogP contribution in [0.2, 0.25) is 0 Å². The minimum Gasteiger partial charge on any atom is -0.507 e. The summed E-state index contributed by atoms with van der Waals surface area (Å²) in [4.78, 5) is 30.2. The van der Waals surface area contributed by atoms with E-state index in [0.717, 1.165) is 36.3 Å². The molecule has 7 nitrogen and oxygen atoms in total. The Balaban J connectivity index is 1.73. The second-order valence-corrected chi connectivity index (χ2v) is 10.7. The number of fused-ring (bicyclic) bond motifs is 1. The van der Waals surface area contributed by atoms with Gasteiger partial charge in [-0.25, -0.2) is 0 Å². The van der Waals surface area contributed by atoms with E-state index in [2.05, 4.69) is 13.8 Å². The van der Waals surface area contributed by atoms with Gasteiger partial charge in [-0.3, -0.25) is 9.59 Å². The number of ether oxygens (including phenoxy) is 2. The number of nitrogens with zero attached hydrogens (tertiary/aromatic N) is 2. The minimum absolute atomic E-state index is 0.0631. The van der Waals surface area contributed by atoms with Crippen LogP contribution < -0.4 is 9.47 Å². The first kappa shape index (κ1) is 26.7. The summed E-state index contributed by atoms with van der Waals surface area (Å²) in [5, 5.41) is 11.4. The number of aliphatic hydroxyl groups excluding tert-OH is 1. The molecular weight excluding hydrogens is 468 g/mol. The number of hydrogen-bond acceptors (Lipinski definition) is 6. The summed E-state index contributed by atoms with van der Waals surface area (Å²) >= 11 is 0. The lowest BCUT2D eigenvalue weighted by Gasteiger charge is -2.26. The van der Waals surface area contributed by atoms with Gasteiger partial charge < -0.3 is 24.4 Å². The van der Waals surface area contributed by atoms with E-state index in [1.165, 1.54) is 0 Å². The highest BCUT2D eigenvalue weighted by Crippen LogP contribution is 2.41. The molecule has 37 heavy (non-hydrogen) atoms. The second kappa shape index (κ2) is 11.4. The average Bonchev–Trinajstić information content (AvgIpc) is 3.34. The maximum atomic E-state index is 13.4. The molecular formula is C30H38N2O5. The molecule has 2 aliphatic rings. The smallest absolute Gasteiger partial charge is 0.295 e. The molecule has 0 aromatic heterocycles. The van der Waals surface area contributed by atoms with Crippen LogP contribution in [0.3, 0.4) is 0 Å². The fourth-order valence-electron chi connectivity index (χ4n) is 4.93. The van der Waals surface area contributed by atoms with E-state index in [1.54, 1.807) is 11.0 Å². The fraction of sp³-hybridized carbons (Fsp3) is 0.467. The molecule has 198 valence electrons. The summed E-state index contributed by atoms with van der Waals surface area (Å²) in [5.41, 5.74) is 2.35. The Morgan fingerprint density at radius 2 is 1.97 bits per heavy atom. The minimum atomic E-state index is -0.695. The van der Waals surface area contributed by atoms with Gasteiger partial charge in [0.15, 0.2) is 0 Å². The van der Waals surface area contributed by atoms with Crippen molar-refractivity contribution in [2.75, 3.05) is 33.8 Å². The molecule has 0 aliphatic carbocycles. The van der Waals surface area contributed by atoms with Crippen LogP contribution in [0.25, 0.3) is 5.76 Å². The molecule has 4 rings (SSSR count). The van der Waals surface area contributed by atoms with Crippen molar-refractivity contribution in [3.05, 3.63) is 64.7 Å². The van der Waals surface area contributed by atoms with Gasteiger partial charge in [-0.1, -0.05) is 26.0 Å². The summed E-state index contributed by atoms with van der Waals surface area (Å²) in [7, 11) is 3.95. The zero-order valence-electron chi connectivity index (χ0n) is 22.5. The van der Waals surface area contributed by atoms with Gasteiger partial charge in [-0.2, -0.15) is 0 Å². The van der Waals surface area contributed by atoms with Crippen LogP contribution in [0.4, 0.5) is 0 Å². The molecule has 2 aromatic rings. The molecule has 2 heterocycles. The third-order valence-electron chi connectivity index (χ3n) is 6.85. The zero-order chi connectivity index (χ0) is 26.7. The monoisotopic (exact) mass is 506 g/mol. The number of amides is 1. The average molecular weight is 507 g/mol. The molecule has 0 bridgehead atoms. The molecule has 0 unspecified atom stereocenters. The summed E-state index contributed by atoms with van der Waals surface area (Å²) < 4.78 is 11.8. The summed E-state index contributed by atoms with van der Waals surface area (Å²) in [6.45, 7) is 8.05. The number of aliphatic hydroxyl groups is 1. The topological polar surface area (TPSA) is 79.3 Å². The number of benzene rings is 2. The lowest BCUT2D eigenvalue weighted by Crippen LogP contribution is -2.32. The van der Waals surface area contributed by atoms with E-state index in [9.17, 15) is 14.7 Å². The lowest BCUT2D eigenvalue weighted by molar-refractivity contribution is -0.139. The lowest BCUT2D eigenvalue weighted by atomic mass is 9.94. The predicted octanol–water partition coefficient (Wildman–Crippen LogP) is 4.81. The number of ketones is 1. The number of carbonyl (C=O) groups is 2. The Morgan fingerprint density at radius 3 is 2.70 bits per heavy atom. The summed E-state index contributed by atoms with van der Waals surface area (Å²) in [6.07, 6.45) is 2.42. The van der Waals surface area contributed by atoms with Gasteiger partial charge in [-0.05, 0) is 87.8 Å². The largest absolute Gasteiger partial charge is 0.507 e. The van der Waals surface area contributed by atoms with Crippen molar-refractivity contribution in [2.24, 2.45) is 5.92 Å². The third kappa shape index (κ3) is 5.99. The van der Waals surface area contributed by atoms with Gasteiger partial charge in [0, 0.05) is 18.5 Å². The first-order chi connectivity index (χ1) is 17.7. The van der Waals surface area contributed by atoms with Gasteiger partial charge in [0.1, 0.15) is 23.4 Å². The Morgan fingerprint density at radius 1 is 1.19 bits per heavy atom. The Bertz CT molecular complexity index is 1190. The van der Waals surface area contributed by atoms with E-state index < -0.39 is 17.7 Å². The molecule has 1 saturated heterocycles. The van der Waals surface area contributed by atoms with Crippen molar-refractivity contribution in [3.63, 3.8) is 0 Å². The first-order valence-electron chi connectivity index (χ1n) is 13.1. The van der Waals surface area contributed by atoms with Crippen LogP contribution in [-0.4, -0.2) is 66.5 Å². The maximum absolute atomic E-state index is 13.4. The number of likely N-dealkylation sites (tertiary alicyclic amines) is 1. The van der Waals surface area contributed by atoms with Crippen molar-refractivity contribution >= 4 is 17.4 Å². The van der Waals surface area contributed by atoms with Crippen LogP contribution in [-0.2, 0) is 16.0 Å². The Labute approximate surface area is 219 Å². The van der Waals surface area contributed by atoms with Gasteiger partial charge in [0.05, 0.1) is 18.2 Å². The predicted molar refractivity (Wildman–Crippen MR) is 144 cm³/mol. The van der Waals surface area contributed by atoms with E-state index >= 15 is 0 Å². The molecule has 1 amide bonds. The van der Waals surface area contributed by atoms with E-state index in [4.69, 9.17) is 9.47 Å². The van der Waals surface area contributed by atoms with Crippen molar-refractivity contribution in [3.8, 4) is 11.5 Å². The highest BCUT2D eigenvalue weighted by atomic mass is 16.5. The Hall–Kier alpha value is -3.32. The number of hydrogen-bond donors (Lipinski definition) is 1. The van der Waals surface area contributed by atoms with E-state index in [0.29, 0.717) is 36.8 Å². The third-order valence-corrected chi connectivity index (χ3v) is 6.85. The van der Waals surface area contributed by atoms with Crippen LogP contribution >= 0.6 is 0 Å². The highest BCUT2D eigenvalue weighted by molar-refractivity contribution is 6.46. The first-order valence-corrected chi connectivity index (χ1v) is 13.1. The standard InChI is InChI=1S/C30H38N2O5/c1-19(2)12-15-36-24-9-6-8-21(18-24)27-26(29(34)30(35)32(27)14-7-13-31(4)5)28(33)22-10-11-25-23(17-22)16-20(3)37-25/h6,8-11,17-20,27,33H,7,12-16H2,1-5H3/b28-26+/t20-,27-/m1/s1. The molecule has 2 aliphatic heterocycles. The van der Waals surface area contributed by atoms with E-state index in [1.807, 2.05) is 62.3 Å². The number of rotatable bonds is 10. The molecule has 2 aromatic carbocycles. The molecule has 0 spiro atoms. The van der Waals surface area contributed by atoms with Crippen molar-refractivity contribution in [1.29, 1.82) is 0 Å². The van der Waals surface area contributed by atoms with Crippen molar-refractivity contribution in [2.45, 2.75) is 52.2 Å². The van der Waals surface area contributed by atoms with Crippen LogP contribution in [0.1, 0.15) is 56.3 Å². The maximum Gasteiger partial charge on any atom is 0.295 e. The molecule has 0 saturated carbocycles. The second-order valence-electron chi connectivity index (χ2n) is 10.7. The molecule has 1 N–H and O–H groups in total. The van der Waals surface area contributed by atoms with Gasteiger partial charge in [0.25, 0.3) is 11.7 Å². The van der Waals surface area contributed by atoms with Crippen LogP contribution in [0.15, 0.2) is 48.0 Å². The van der Waals surface area contributed by atoms with Gasteiger partial charge in [0.2, 0.25) is 0 Å². The molecule has 1 fully saturated rings. The normalized spacial score (nSPS) is 20.6. The molecule has 7 heteroatoms. The van der Waals surface area contributed by atoms with Gasteiger partial charge in [-0.15, -0.1) is 0 Å². The zero-order valence-corrected chi connectivity index (χ0v) is 22.5.